The van der Waals surface area contributed by atoms with Gasteiger partial charge in [0.25, 0.3) is 0 Å². The Kier molecular flexibility index (Phi) is 5.03. The van der Waals surface area contributed by atoms with Gasteiger partial charge in [-0.25, -0.2) is 4.79 Å². The second kappa shape index (κ2) is 4.10. The summed E-state index contributed by atoms with van der Waals surface area (Å²) in [5.41, 5.74) is 0. The number of carboxylic acids is 1. The summed E-state index contributed by atoms with van der Waals surface area (Å²) in [7, 11) is 0. The van der Waals surface area contributed by atoms with Crippen LogP contribution in [0.25, 0.3) is 0 Å². The number of hydrogen-bond acceptors (Lipinski definition) is 3. The maximum absolute atomic E-state index is 10.6. The smallest absolute Gasteiger partial charge is 0.475 e. The van der Waals surface area contributed by atoms with Crippen molar-refractivity contribution in [2.45, 2.75) is 6.18 Å². The van der Waals surface area contributed by atoms with E-state index in [1.807, 2.05) is 0 Å². The highest BCUT2D eigenvalue weighted by atomic mass is 19.4. The first-order chi connectivity index (χ1) is 3.94. The van der Waals surface area contributed by atoms with Crippen LogP contribution in [-0.2, 0) is 4.79 Å². The molecule has 56 valence electrons. The predicted octanol–water partition coefficient (Wildman–Crippen LogP) is 0.651. The summed E-state index contributed by atoms with van der Waals surface area (Å²) < 4.78 is 31.7. The first-order valence-corrected chi connectivity index (χ1v) is 1.44. The van der Waals surface area contributed by atoms with E-state index in [-0.39, 0.29) is 0 Å². The van der Waals surface area contributed by atoms with Crippen LogP contribution in [0, 0.1) is 0 Å². The molecule has 3 N–H and O–H groups in total. The largest absolute Gasteiger partial charge is 0.490 e. The Balaban J connectivity index is 0. The van der Waals surface area contributed by atoms with Crippen LogP contribution in [0.4, 0.5) is 13.2 Å². The monoisotopic (exact) mass is 148 g/mol. The maximum atomic E-state index is 10.6. The molecule has 4 nitrogen and oxygen atoms in total. The van der Waals surface area contributed by atoms with E-state index in [4.69, 9.17) is 20.4 Å². The molecule has 0 radical (unpaired) electrons. The molecule has 0 unspecified atom stereocenters. The number of alkyl halides is 3. The van der Waals surface area contributed by atoms with Crippen molar-refractivity contribution < 1.29 is 33.6 Å². The first-order valence-electron chi connectivity index (χ1n) is 1.44. The lowest BCUT2D eigenvalue weighted by atomic mass is 10.7. The lowest BCUT2D eigenvalue weighted by molar-refractivity contribution is -0.192. The molecular formula is C2H3F3O4. The van der Waals surface area contributed by atoms with Gasteiger partial charge in [0.05, 0.1) is 0 Å². The number of aliphatic carboxylic acids is 1. The highest BCUT2D eigenvalue weighted by molar-refractivity contribution is 5.73. The summed E-state index contributed by atoms with van der Waals surface area (Å²) in [6, 6.07) is 0. The van der Waals surface area contributed by atoms with Crippen LogP contribution in [-0.4, -0.2) is 27.8 Å². The van der Waals surface area contributed by atoms with Gasteiger partial charge >= 0.3 is 12.1 Å². The predicted molar refractivity (Wildman–Crippen MR) is 18.9 cm³/mol. The Morgan fingerprint density at radius 3 is 1.33 bits per heavy atom. The van der Waals surface area contributed by atoms with E-state index >= 15 is 0 Å². The third-order valence-electron chi connectivity index (χ3n) is 0.243. The molecule has 0 saturated carbocycles. The second-order valence-corrected chi connectivity index (χ2v) is 0.803. The van der Waals surface area contributed by atoms with E-state index < -0.39 is 12.1 Å². The highest BCUT2D eigenvalue weighted by Gasteiger charge is 2.38. The van der Waals surface area contributed by atoms with E-state index in [1.165, 1.54) is 0 Å². The van der Waals surface area contributed by atoms with E-state index in [1.54, 1.807) is 0 Å². The summed E-state index contributed by atoms with van der Waals surface area (Å²) in [5.74, 6) is -2.76. The van der Waals surface area contributed by atoms with Gasteiger partial charge in [-0.1, -0.05) is 0 Å². The standard InChI is InChI=1S/C2HF3O2.H2O2/c3-2(4,5)1(6)7;1-2/h(H,6,7);1-2H. The normalized spacial score (nSPS) is 9.44. The molecule has 9 heavy (non-hydrogen) atoms. The van der Waals surface area contributed by atoms with Gasteiger partial charge in [0.15, 0.2) is 0 Å². The summed E-state index contributed by atoms with van der Waals surface area (Å²) in [4.78, 5) is 8.90. The molecule has 0 fully saturated rings. The third-order valence-corrected chi connectivity index (χ3v) is 0.243. The van der Waals surface area contributed by atoms with Crippen molar-refractivity contribution in [1.29, 1.82) is 0 Å². The molecule has 0 aromatic carbocycles. The molecule has 0 aromatic heterocycles. The van der Waals surface area contributed by atoms with E-state index in [2.05, 4.69) is 0 Å². The molecule has 0 aliphatic heterocycles. The zero-order chi connectivity index (χ0) is 8.08. The zero-order valence-electron chi connectivity index (χ0n) is 3.88. The van der Waals surface area contributed by atoms with Crippen LogP contribution in [0.3, 0.4) is 0 Å². The van der Waals surface area contributed by atoms with Crippen molar-refractivity contribution in [3.8, 4) is 0 Å². The molecule has 0 spiro atoms. The molecule has 0 atom stereocenters. The van der Waals surface area contributed by atoms with Crippen LogP contribution in [0.5, 0.6) is 0 Å². The van der Waals surface area contributed by atoms with Gasteiger partial charge in [-0.3, -0.25) is 10.5 Å². The first kappa shape index (κ1) is 11.0. The van der Waals surface area contributed by atoms with E-state index in [9.17, 15) is 13.2 Å². The topological polar surface area (TPSA) is 77.8 Å². The minimum Gasteiger partial charge on any atom is -0.475 e. The average Bonchev–Trinajstić information content (AvgIpc) is 1.69. The summed E-state index contributed by atoms with van der Waals surface area (Å²) >= 11 is 0. The lowest BCUT2D eigenvalue weighted by Crippen LogP contribution is -2.21. The summed E-state index contributed by atoms with van der Waals surface area (Å²) in [6.45, 7) is 0. The van der Waals surface area contributed by atoms with Crippen molar-refractivity contribution in [2.24, 2.45) is 0 Å². The number of carbonyl (C=O) groups is 1. The van der Waals surface area contributed by atoms with Gasteiger partial charge in [0, 0.05) is 0 Å². The molecular weight excluding hydrogens is 145 g/mol. The van der Waals surface area contributed by atoms with Gasteiger partial charge in [0.2, 0.25) is 0 Å². The average molecular weight is 148 g/mol. The number of hydrogen-bond donors (Lipinski definition) is 3. The van der Waals surface area contributed by atoms with Crippen LogP contribution in [0.1, 0.15) is 0 Å². The van der Waals surface area contributed by atoms with Gasteiger partial charge in [-0.2, -0.15) is 13.2 Å². The fourth-order valence-corrected chi connectivity index (χ4v) is 0. The van der Waals surface area contributed by atoms with Crippen molar-refractivity contribution in [3.63, 3.8) is 0 Å². The van der Waals surface area contributed by atoms with Crippen molar-refractivity contribution in [2.75, 3.05) is 0 Å². The minimum absolute atomic E-state index is 2.76. The quantitative estimate of drug-likeness (QED) is 0.348. The van der Waals surface area contributed by atoms with Crippen molar-refractivity contribution in [1.82, 2.24) is 0 Å². The molecule has 0 bridgehead atoms. The van der Waals surface area contributed by atoms with Crippen LogP contribution in [0.2, 0.25) is 0 Å². The molecule has 0 saturated heterocycles. The molecule has 0 rings (SSSR count). The third kappa shape index (κ3) is 7.18. The summed E-state index contributed by atoms with van der Waals surface area (Å²) in [5, 5.41) is 19.1. The van der Waals surface area contributed by atoms with Gasteiger partial charge in [-0.05, 0) is 0 Å². The van der Waals surface area contributed by atoms with Crippen molar-refractivity contribution >= 4 is 5.97 Å². The molecule has 7 heteroatoms. The fraction of sp³-hybridized carbons (Fsp3) is 0.500. The van der Waals surface area contributed by atoms with Gasteiger partial charge < -0.3 is 5.11 Å². The SMILES string of the molecule is O=C(O)C(F)(F)F.OO. The molecule has 0 amide bonds. The zero-order valence-corrected chi connectivity index (χ0v) is 3.88. The molecule has 0 aromatic rings. The minimum atomic E-state index is -5.08. The van der Waals surface area contributed by atoms with Crippen LogP contribution >= 0.6 is 0 Å². The van der Waals surface area contributed by atoms with Crippen molar-refractivity contribution in [3.05, 3.63) is 0 Å². The van der Waals surface area contributed by atoms with Gasteiger partial charge in [-0.15, -0.1) is 0 Å². The maximum Gasteiger partial charge on any atom is 0.490 e. The second-order valence-electron chi connectivity index (χ2n) is 0.803. The molecule has 0 aliphatic carbocycles. The highest BCUT2D eigenvalue weighted by Crippen LogP contribution is 2.13. The van der Waals surface area contributed by atoms with Crippen LogP contribution < -0.4 is 0 Å². The fourth-order valence-electron chi connectivity index (χ4n) is 0. The molecule has 0 heterocycles. The lowest BCUT2D eigenvalue weighted by Gasteiger charge is -1.93. The Morgan fingerprint density at radius 1 is 1.22 bits per heavy atom. The van der Waals surface area contributed by atoms with Crippen LogP contribution in [0.15, 0.2) is 0 Å². The van der Waals surface area contributed by atoms with E-state index in [0.717, 1.165) is 0 Å². The van der Waals surface area contributed by atoms with Gasteiger partial charge in [0.1, 0.15) is 0 Å². The molecule has 0 aliphatic rings. The van der Waals surface area contributed by atoms with E-state index in [0.29, 0.717) is 0 Å². The number of carboxylic acid groups (broad SMARTS) is 1. The number of rotatable bonds is 0. The Hall–Kier alpha value is -0.820. The summed E-state index contributed by atoms with van der Waals surface area (Å²) in [6.07, 6.45) is -5.08. The Morgan fingerprint density at radius 2 is 1.33 bits per heavy atom. The number of halogens is 3. The Bertz CT molecular complexity index is 86.3. The Labute approximate surface area is 47.1 Å².